The second kappa shape index (κ2) is 54.5. The molecule has 145 heavy (non-hydrogen) atoms. The summed E-state index contributed by atoms with van der Waals surface area (Å²) in [6, 6.07) is 80.5. The largest absolute Gasteiger partial charge is 0.383 e. The lowest BCUT2D eigenvalue weighted by molar-refractivity contribution is -0.135. The number of hydrogen-bond donors (Lipinski definition) is 7. The Morgan fingerprint density at radius 3 is 0.938 bits per heavy atom. The molecule has 2 heterocycles. The molecule has 0 aromatic heterocycles. The third kappa shape index (κ3) is 27.2. The molecule has 0 bridgehead atoms. The number of methoxy groups -OCH3 is 1. The van der Waals surface area contributed by atoms with Crippen molar-refractivity contribution in [1.82, 2.24) is 31.1 Å². The molecule has 776 valence electrons. The van der Waals surface area contributed by atoms with Crippen LogP contribution < -0.4 is 38.5 Å². The Hall–Kier alpha value is -10.5. The second-order valence-electron chi connectivity index (χ2n) is 41.7. The number of carbonyl (C=O) groups excluding carboxylic acids is 9. The molecule has 9 aromatic rings. The predicted octanol–water partition coefficient (Wildman–Crippen LogP) is 22.3. The lowest BCUT2D eigenvalue weighted by atomic mass is 9.74. The standard InChI is InChI=1S/2C16H21NO.C15H21NO2.C14H19NO.C13H16FNO.3C13H17NO.C12H15NO/c2*18-15-10-4-5-11-16(15,17-12-6-7-13-17)14-8-2-1-3-9-14;1-18-12-11-16-15(10-6-5-9-14(15)17)13-7-3-2-4-8-13;1-11-6-8-12(9-7-11)14(15-2)10-4-3-5-13(14)16;1-15-13(8-3-2-7-12(13)16)10-5-4-6-11(14)9-10;1-10-6-2-3-7-11(10)13(14)9-5-4-8-12(13)15;1-10-5-7-11(8-6-10)13(14)9-3-2-4-12(13)15;1-14-13(10-6-5-9-12(13)15)11-7-3-2-4-8-11;13-12(9-5-4-8-11(12)14)10-6-2-1-3-7-10/h2*1-3,8-9H,4-7,10-13H2;2-4,7-8,16H,5-6,9-12H2,1H3;6-9,15H,3-5,10H2,1-2H3;4-6,9,15H,2-3,7-8H2,1H3;2-3,6-7H,4-5,8-9,14H2,1H3;5-8H,2-4,9,14H2,1H3;2-4,7-8,14H,5-6,9-10H2,1H3;1-3,6-7H,4-5,8-9,13H2/t2*16-;15-;14-;4*13-;12-/m100000010/s1/i;;;;;;;1D3;. The Balaban J connectivity index is 0.000000148. The van der Waals surface area contributed by atoms with Crippen molar-refractivity contribution in [2.24, 2.45) is 17.2 Å². The maximum absolute atomic E-state index is 13.2. The zero-order chi connectivity index (χ0) is 106. The Kier molecular flexibility index (Phi) is 40.8. The minimum atomic E-state index is -2.32. The average molecular weight is 1970 g/mol. The summed E-state index contributed by atoms with van der Waals surface area (Å²) in [7, 11) is 5.34. The lowest BCUT2D eigenvalue weighted by Crippen LogP contribution is -2.52. The highest BCUT2D eigenvalue weighted by molar-refractivity contribution is 5.95. The van der Waals surface area contributed by atoms with Crippen LogP contribution in [0.3, 0.4) is 0 Å². The van der Waals surface area contributed by atoms with Gasteiger partial charge in [0.2, 0.25) is 0 Å². The van der Waals surface area contributed by atoms with Crippen molar-refractivity contribution in [3.63, 3.8) is 0 Å². The van der Waals surface area contributed by atoms with Crippen LogP contribution in [0.25, 0.3) is 0 Å². The number of rotatable bonds is 18. The van der Waals surface area contributed by atoms with Crippen LogP contribution in [0, 0.1) is 26.6 Å². The minimum absolute atomic E-state index is 0.0175. The first-order chi connectivity index (χ1) is 71.3. The summed E-state index contributed by atoms with van der Waals surface area (Å²) < 4.78 is 40.5. The van der Waals surface area contributed by atoms with E-state index in [1.165, 1.54) is 72.9 Å². The van der Waals surface area contributed by atoms with Crippen LogP contribution in [0.15, 0.2) is 249 Å². The highest BCUT2D eigenvalue weighted by Crippen LogP contribution is 2.46. The van der Waals surface area contributed by atoms with Gasteiger partial charge in [0.1, 0.15) is 55.7 Å². The van der Waals surface area contributed by atoms with E-state index >= 15 is 0 Å². The number of benzene rings is 9. The van der Waals surface area contributed by atoms with E-state index in [1.807, 2.05) is 179 Å². The molecule has 9 saturated carbocycles. The van der Waals surface area contributed by atoms with E-state index in [-0.39, 0.29) is 45.8 Å². The highest BCUT2D eigenvalue weighted by atomic mass is 19.1. The van der Waals surface area contributed by atoms with Crippen molar-refractivity contribution in [1.29, 1.82) is 0 Å². The average Bonchev–Trinajstić information content (AvgIpc) is 1.32. The molecule has 9 aromatic carbocycles. The number of carbonyl (C=O) groups is 9. The molecule has 9 aliphatic carbocycles. The van der Waals surface area contributed by atoms with Crippen molar-refractivity contribution >= 4 is 52.0 Å². The van der Waals surface area contributed by atoms with E-state index < -0.39 is 45.7 Å². The number of nitrogens with two attached hydrogens (primary N) is 3. The van der Waals surface area contributed by atoms with Gasteiger partial charge in [-0.1, -0.05) is 306 Å². The van der Waals surface area contributed by atoms with Gasteiger partial charge in [-0.3, -0.25) is 58.3 Å². The van der Waals surface area contributed by atoms with E-state index in [2.05, 4.69) is 111 Å². The lowest BCUT2D eigenvalue weighted by Gasteiger charge is -2.43. The summed E-state index contributed by atoms with van der Waals surface area (Å²) in [5, 5.41) is 12.4. The Morgan fingerprint density at radius 1 is 0.297 bits per heavy atom. The fourth-order valence-corrected chi connectivity index (χ4v) is 24.1. The van der Waals surface area contributed by atoms with E-state index in [4.69, 9.17) is 26.1 Å². The molecule has 20 rings (SSSR count). The number of ether oxygens (including phenoxy) is 1. The number of nitrogens with zero attached hydrogens (tertiary/aromatic N) is 2. The van der Waals surface area contributed by atoms with Crippen LogP contribution in [-0.2, 0) is 97.7 Å². The van der Waals surface area contributed by atoms with Crippen LogP contribution in [0.5, 0.6) is 0 Å². The normalized spacial score (nSPS) is 27.4. The van der Waals surface area contributed by atoms with Gasteiger partial charge < -0.3 is 37.9 Å². The highest BCUT2D eigenvalue weighted by Gasteiger charge is 2.51. The van der Waals surface area contributed by atoms with Crippen molar-refractivity contribution in [3.8, 4) is 0 Å². The third-order valence-corrected chi connectivity index (χ3v) is 32.7. The SMILES string of the molecule is CN[C@]1(c2ccc(C)cc2)CCCCC1=O.CN[C@]1(c2cccc(F)c2)CCCCC1=O.COCCN[C@]1(c2ccccc2)CCCCC1=O.Cc1ccc([C@@]2(N)CCCCC2=O)cc1.Cc1ccccc1[C@@]1(N)CCCCC1=O.N[C@]1(c2ccccc2)CCCCC1=O.O=C1CCCC[C@@]1(c1ccccc1)N1CCCC1.O=C1CCCC[C@]1(c1ccccc1)N1CCCC1.[2H]C([2H])([2H])N[C@@]1(c2ccccc2)CCCCC1=O. The first-order valence-corrected chi connectivity index (χ1v) is 54.1. The van der Waals surface area contributed by atoms with Gasteiger partial charge in [-0.05, 0) is 277 Å². The molecule has 0 spiro atoms. The van der Waals surface area contributed by atoms with Crippen molar-refractivity contribution in [2.45, 2.75) is 327 Å². The maximum atomic E-state index is 13.2. The molecule has 0 amide bonds. The van der Waals surface area contributed by atoms with E-state index in [1.54, 1.807) is 20.2 Å². The summed E-state index contributed by atoms with van der Waals surface area (Å²) in [5.41, 5.74) is 26.0. The summed E-state index contributed by atoms with van der Waals surface area (Å²) in [4.78, 5) is 115. The van der Waals surface area contributed by atoms with Crippen molar-refractivity contribution in [3.05, 3.63) is 321 Å². The first-order valence-electron chi connectivity index (χ1n) is 55.6. The summed E-state index contributed by atoms with van der Waals surface area (Å²) >= 11 is 0. The third-order valence-electron chi connectivity index (χ3n) is 32.7. The number of likely N-dealkylation sites (tertiary alicyclic amines) is 2. The number of nitrogens with one attached hydrogen (secondary N) is 4. The molecular weight excluding hydrogens is 1810 g/mol. The van der Waals surface area contributed by atoms with Gasteiger partial charge in [0.25, 0.3) is 0 Å². The quantitative estimate of drug-likeness (QED) is 0.0393. The summed E-state index contributed by atoms with van der Waals surface area (Å²) in [6.45, 7) is 9.48. The number of hydrogen-bond acceptors (Lipinski definition) is 19. The molecule has 19 nitrogen and oxygen atoms in total. The molecule has 10 N–H and O–H groups in total. The molecule has 0 radical (unpaired) electrons. The number of Topliss-reactive ketones (excluding diaryl/α,β-unsaturated/α-hetero) is 9. The Morgan fingerprint density at radius 2 is 0.586 bits per heavy atom. The van der Waals surface area contributed by atoms with E-state index in [9.17, 15) is 47.5 Å². The van der Waals surface area contributed by atoms with Gasteiger partial charge in [-0.25, -0.2) is 4.39 Å². The summed E-state index contributed by atoms with van der Waals surface area (Å²) in [6.07, 6.45) is 36.8. The molecule has 20 heteroatoms. The van der Waals surface area contributed by atoms with E-state index in [0.29, 0.717) is 87.7 Å². The fourth-order valence-electron chi connectivity index (χ4n) is 24.1. The van der Waals surface area contributed by atoms with E-state index in [0.717, 1.165) is 238 Å². The Labute approximate surface area is 867 Å². The predicted molar refractivity (Wildman–Crippen MR) is 580 cm³/mol. The Bertz CT molecular complexity index is 5700. The molecule has 2 saturated heterocycles. The second-order valence-corrected chi connectivity index (χ2v) is 41.7. The van der Waals surface area contributed by atoms with Crippen LogP contribution in [0.1, 0.15) is 328 Å². The van der Waals surface area contributed by atoms with Gasteiger partial charge in [0.15, 0.2) is 52.0 Å². The topological polar surface area (TPSA) is 296 Å². The molecule has 11 aliphatic rings. The van der Waals surface area contributed by atoms with Gasteiger partial charge in [0.05, 0.1) is 6.61 Å². The van der Waals surface area contributed by atoms with Crippen LogP contribution >= 0.6 is 0 Å². The van der Waals surface area contributed by atoms with Crippen molar-refractivity contribution in [2.75, 3.05) is 67.5 Å². The zero-order valence-corrected chi connectivity index (χ0v) is 87.3. The zero-order valence-electron chi connectivity index (χ0n) is 90.3. The first kappa shape index (κ1) is 109. The molecule has 2 aliphatic heterocycles. The molecule has 0 unspecified atom stereocenters. The van der Waals surface area contributed by atoms with Gasteiger partial charge in [-0.15, -0.1) is 0 Å². The van der Waals surface area contributed by atoms with Crippen LogP contribution in [0.2, 0.25) is 0 Å². The maximum Gasteiger partial charge on any atom is 0.157 e. The fraction of sp³-hybridized carbons (Fsp3) is 0.496. The smallest absolute Gasteiger partial charge is 0.157 e. The number of aryl methyl sites for hydroxylation is 3. The van der Waals surface area contributed by atoms with Gasteiger partial charge >= 0.3 is 0 Å². The van der Waals surface area contributed by atoms with Gasteiger partial charge in [0, 0.05) is 75.6 Å². The summed E-state index contributed by atoms with van der Waals surface area (Å²) in [5.74, 6) is 1.99. The molecule has 9 atom stereocenters. The number of likely N-dealkylation sites (N-methyl/N-ethyl adjacent to an activating group) is 3. The molecular formula is C125H164FN9O10. The number of halogens is 1. The number of ketones is 9. The van der Waals surface area contributed by atoms with Crippen molar-refractivity contribution < 1.29 is 56.4 Å². The van der Waals surface area contributed by atoms with Crippen LogP contribution in [0.4, 0.5) is 4.39 Å². The minimum Gasteiger partial charge on any atom is -0.383 e. The monoisotopic (exact) mass is 1970 g/mol. The molecule has 11 fully saturated rings. The van der Waals surface area contributed by atoms with Crippen LogP contribution in [-0.4, -0.2) is 129 Å². The van der Waals surface area contributed by atoms with Gasteiger partial charge in [-0.2, -0.15) is 0 Å².